The molecule has 0 bridgehead atoms. The SMILES string of the molecule is CCOC(=O)c1nc2cc(C)c(C)cc2nc1CC. The number of aromatic nitrogens is 2. The van der Waals surface area contributed by atoms with E-state index in [9.17, 15) is 4.79 Å². The number of fused-ring (bicyclic) bond motifs is 1. The highest BCUT2D eigenvalue weighted by atomic mass is 16.5. The molecule has 0 saturated carbocycles. The molecule has 0 amide bonds. The molecule has 4 heteroatoms. The van der Waals surface area contributed by atoms with Crippen LogP contribution in [0.15, 0.2) is 12.1 Å². The molecule has 100 valence electrons. The normalized spacial score (nSPS) is 10.7. The van der Waals surface area contributed by atoms with Crippen LogP contribution in [0.4, 0.5) is 0 Å². The van der Waals surface area contributed by atoms with E-state index in [4.69, 9.17) is 4.74 Å². The van der Waals surface area contributed by atoms with Gasteiger partial charge in [0.1, 0.15) is 0 Å². The van der Waals surface area contributed by atoms with Crippen LogP contribution < -0.4 is 0 Å². The zero-order valence-corrected chi connectivity index (χ0v) is 11.8. The molecule has 2 aromatic rings. The van der Waals surface area contributed by atoms with Gasteiger partial charge in [-0.3, -0.25) is 0 Å². The fourth-order valence-electron chi connectivity index (χ4n) is 1.96. The van der Waals surface area contributed by atoms with E-state index in [2.05, 4.69) is 9.97 Å². The molecule has 0 aliphatic carbocycles. The molecule has 0 radical (unpaired) electrons. The Hall–Kier alpha value is -1.97. The van der Waals surface area contributed by atoms with Gasteiger partial charge in [-0.15, -0.1) is 0 Å². The second-order valence-corrected chi connectivity index (χ2v) is 4.52. The largest absolute Gasteiger partial charge is 0.461 e. The molecular formula is C15H18N2O2. The minimum atomic E-state index is -0.396. The number of carbonyl (C=O) groups is 1. The number of carbonyl (C=O) groups excluding carboxylic acids is 1. The lowest BCUT2D eigenvalue weighted by Gasteiger charge is -2.09. The Morgan fingerprint density at radius 3 is 2.21 bits per heavy atom. The number of rotatable bonds is 3. The van der Waals surface area contributed by atoms with Crippen LogP contribution in [0.1, 0.15) is 41.2 Å². The van der Waals surface area contributed by atoms with Crippen molar-refractivity contribution in [3.05, 3.63) is 34.6 Å². The Bertz CT molecular complexity index is 636. The molecular weight excluding hydrogens is 240 g/mol. The van der Waals surface area contributed by atoms with E-state index in [0.29, 0.717) is 24.4 Å². The number of hydrogen-bond donors (Lipinski definition) is 0. The second kappa shape index (κ2) is 5.34. The highest BCUT2D eigenvalue weighted by Gasteiger charge is 2.16. The molecule has 1 aromatic carbocycles. The molecule has 4 nitrogen and oxygen atoms in total. The van der Waals surface area contributed by atoms with Gasteiger partial charge in [0.2, 0.25) is 0 Å². The summed E-state index contributed by atoms with van der Waals surface area (Å²) in [6.07, 6.45) is 0.657. The van der Waals surface area contributed by atoms with Crippen LogP contribution in [-0.2, 0) is 11.2 Å². The van der Waals surface area contributed by atoms with Gasteiger partial charge in [0.05, 0.1) is 23.3 Å². The van der Waals surface area contributed by atoms with Crippen LogP contribution in [0.2, 0.25) is 0 Å². The fraction of sp³-hybridized carbons (Fsp3) is 0.400. The maximum atomic E-state index is 11.9. The highest BCUT2D eigenvalue weighted by Crippen LogP contribution is 2.19. The summed E-state index contributed by atoms with van der Waals surface area (Å²) in [6.45, 7) is 8.15. The Labute approximate surface area is 112 Å². The maximum Gasteiger partial charge on any atom is 0.358 e. The van der Waals surface area contributed by atoms with E-state index in [0.717, 1.165) is 16.6 Å². The van der Waals surface area contributed by atoms with Gasteiger partial charge in [-0.05, 0) is 50.5 Å². The third kappa shape index (κ3) is 2.57. The van der Waals surface area contributed by atoms with Crippen molar-refractivity contribution < 1.29 is 9.53 Å². The zero-order valence-electron chi connectivity index (χ0n) is 11.8. The van der Waals surface area contributed by atoms with Crippen LogP contribution >= 0.6 is 0 Å². The van der Waals surface area contributed by atoms with Gasteiger partial charge in [0.25, 0.3) is 0 Å². The number of benzene rings is 1. The van der Waals surface area contributed by atoms with Crippen LogP contribution in [0, 0.1) is 13.8 Å². The lowest BCUT2D eigenvalue weighted by Crippen LogP contribution is -2.12. The van der Waals surface area contributed by atoms with Crippen LogP contribution in [0.5, 0.6) is 0 Å². The summed E-state index contributed by atoms with van der Waals surface area (Å²) < 4.78 is 5.03. The van der Waals surface area contributed by atoms with Crippen molar-refractivity contribution in [2.45, 2.75) is 34.1 Å². The number of ether oxygens (including phenoxy) is 1. The third-order valence-electron chi connectivity index (χ3n) is 3.16. The standard InChI is InChI=1S/C15H18N2O2/c1-5-11-14(15(18)19-6-2)17-13-8-10(4)9(3)7-12(13)16-11/h7-8H,5-6H2,1-4H3. The van der Waals surface area contributed by atoms with Crippen molar-refractivity contribution in [3.63, 3.8) is 0 Å². The molecule has 0 aliphatic rings. The second-order valence-electron chi connectivity index (χ2n) is 4.52. The van der Waals surface area contributed by atoms with Gasteiger partial charge in [0.15, 0.2) is 5.69 Å². The third-order valence-corrected chi connectivity index (χ3v) is 3.16. The quantitative estimate of drug-likeness (QED) is 0.794. The van der Waals surface area contributed by atoms with Crippen molar-refractivity contribution >= 4 is 17.0 Å². The Kier molecular flexibility index (Phi) is 3.79. The monoisotopic (exact) mass is 258 g/mol. The van der Waals surface area contributed by atoms with Crippen molar-refractivity contribution in [2.75, 3.05) is 6.61 Å². The van der Waals surface area contributed by atoms with Gasteiger partial charge >= 0.3 is 5.97 Å². The molecule has 2 rings (SSSR count). The molecule has 0 unspecified atom stereocenters. The van der Waals surface area contributed by atoms with E-state index in [1.165, 1.54) is 5.56 Å². The average Bonchev–Trinajstić information content (AvgIpc) is 2.39. The molecule has 0 aliphatic heterocycles. The van der Waals surface area contributed by atoms with E-state index in [-0.39, 0.29) is 0 Å². The first-order valence-electron chi connectivity index (χ1n) is 6.51. The lowest BCUT2D eigenvalue weighted by atomic mass is 10.1. The van der Waals surface area contributed by atoms with Gasteiger partial charge in [-0.2, -0.15) is 0 Å². The number of aryl methyl sites for hydroxylation is 3. The smallest absolute Gasteiger partial charge is 0.358 e. The minimum Gasteiger partial charge on any atom is -0.461 e. The summed E-state index contributed by atoms with van der Waals surface area (Å²) in [5.41, 5.74) is 4.90. The predicted molar refractivity (Wildman–Crippen MR) is 74.3 cm³/mol. The molecule has 0 N–H and O–H groups in total. The summed E-state index contributed by atoms with van der Waals surface area (Å²) in [6, 6.07) is 3.96. The van der Waals surface area contributed by atoms with E-state index in [1.54, 1.807) is 6.92 Å². The first-order valence-corrected chi connectivity index (χ1v) is 6.51. The summed E-state index contributed by atoms with van der Waals surface area (Å²) in [7, 11) is 0. The molecule has 0 atom stereocenters. The zero-order chi connectivity index (χ0) is 14.0. The number of esters is 1. The van der Waals surface area contributed by atoms with Gasteiger partial charge in [-0.1, -0.05) is 6.92 Å². The van der Waals surface area contributed by atoms with E-state index >= 15 is 0 Å². The molecule has 1 aromatic heterocycles. The Morgan fingerprint density at radius 2 is 1.68 bits per heavy atom. The van der Waals surface area contributed by atoms with Gasteiger partial charge < -0.3 is 4.74 Å². The predicted octanol–water partition coefficient (Wildman–Crippen LogP) is 2.99. The first-order chi connectivity index (χ1) is 9.06. The van der Waals surface area contributed by atoms with Gasteiger partial charge in [-0.25, -0.2) is 14.8 Å². The minimum absolute atomic E-state index is 0.333. The number of hydrogen-bond acceptors (Lipinski definition) is 4. The van der Waals surface area contributed by atoms with Crippen LogP contribution in [0.3, 0.4) is 0 Å². The van der Waals surface area contributed by atoms with Crippen LogP contribution in [0.25, 0.3) is 11.0 Å². The first kappa shape index (κ1) is 13.5. The summed E-state index contributed by atoms with van der Waals surface area (Å²) in [5, 5.41) is 0. The highest BCUT2D eigenvalue weighted by molar-refractivity contribution is 5.91. The van der Waals surface area contributed by atoms with Crippen LogP contribution in [-0.4, -0.2) is 22.5 Å². The average molecular weight is 258 g/mol. The molecule has 1 heterocycles. The topological polar surface area (TPSA) is 52.1 Å². The lowest BCUT2D eigenvalue weighted by molar-refractivity contribution is 0.0518. The summed E-state index contributed by atoms with van der Waals surface area (Å²) in [4.78, 5) is 20.9. The maximum absolute atomic E-state index is 11.9. The van der Waals surface area contributed by atoms with E-state index in [1.807, 2.05) is 32.9 Å². The molecule has 0 saturated heterocycles. The van der Waals surface area contributed by atoms with Gasteiger partial charge in [0, 0.05) is 0 Å². The van der Waals surface area contributed by atoms with Crippen molar-refractivity contribution in [2.24, 2.45) is 0 Å². The molecule has 0 spiro atoms. The van der Waals surface area contributed by atoms with Crippen molar-refractivity contribution in [3.8, 4) is 0 Å². The summed E-state index contributed by atoms with van der Waals surface area (Å²) >= 11 is 0. The van der Waals surface area contributed by atoms with E-state index < -0.39 is 5.97 Å². The molecule has 19 heavy (non-hydrogen) atoms. The van der Waals surface area contributed by atoms with Crippen molar-refractivity contribution in [1.29, 1.82) is 0 Å². The fourth-order valence-corrected chi connectivity index (χ4v) is 1.96. The number of nitrogens with zero attached hydrogens (tertiary/aromatic N) is 2. The Morgan fingerprint density at radius 1 is 1.11 bits per heavy atom. The summed E-state index contributed by atoms with van der Waals surface area (Å²) in [5.74, 6) is -0.396. The van der Waals surface area contributed by atoms with Crippen molar-refractivity contribution in [1.82, 2.24) is 9.97 Å². The Balaban J connectivity index is 2.64. The molecule has 0 fully saturated rings.